The zero-order valence-corrected chi connectivity index (χ0v) is 12.5. The number of carbonyl (C=O) groups is 1. The molecule has 0 radical (unpaired) electrons. The number of benzene rings is 1. The molecule has 0 amide bonds. The summed E-state index contributed by atoms with van der Waals surface area (Å²) in [7, 11) is 0. The first-order valence-corrected chi connectivity index (χ1v) is 7.47. The van der Waals surface area contributed by atoms with E-state index in [4.69, 9.17) is 11.6 Å². The number of carbonyl (C=O) groups excluding carboxylic acids is 1. The Morgan fingerprint density at radius 3 is 2.68 bits per heavy atom. The van der Waals surface area contributed by atoms with Crippen LogP contribution in [0.5, 0.6) is 0 Å². The van der Waals surface area contributed by atoms with Crippen LogP contribution in [0.3, 0.4) is 0 Å². The first-order chi connectivity index (χ1) is 9.08. The topological polar surface area (TPSA) is 20.3 Å². The summed E-state index contributed by atoms with van der Waals surface area (Å²) in [5.74, 6) is 0.172. The molecule has 0 aromatic heterocycles. The van der Waals surface area contributed by atoms with E-state index < -0.39 is 0 Å². The van der Waals surface area contributed by atoms with Gasteiger partial charge in [-0.3, -0.25) is 9.69 Å². The van der Waals surface area contributed by atoms with Gasteiger partial charge in [-0.05, 0) is 43.4 Å². The highest BCUT2D eigenvalue weighted by molar-refractivity contribution is 6.31. The molecule has 0 bridgehead atoms. The summed E-state index contributed by atoms with van der Waals surface area (Å²) in [4.78, 5) is 14.5. The van der Waals surface area contributed by atoms with Gasteiger partial charge in [-0.25, -0.2) is 0 Å². The fraction of sp³-hybridized carbons (Fsp3) is 0.562. The molecule has 0 spiro atoms. The number of rotatable bonds is 5. The number of nitrogens with zero attached hydrogens (tertiary/aromatic N) is 1. The number of Topliss-reactive ketones (excluding diaryl/α,β-unsaturated/α-hetero) is 1. The SMILES string of the molecule is CCC1(CC)CCN(CC(=O)c2cccc(Cl)c2)C1. The van der Waals surface area contributed by atoms with Crippen molar-refractivity contribution in [1.29, 1.82) is 0 Å². The Bertz CT molecular complexity index is 454. The third kappa shape index (κ3) is 3.37. The van der Waals surface area contributed by atoms with Gasteiger partial charge in [0.25, 0.3) is 0 Å². The highest BCUT2D eigenvalue weighted by atomic mass is 35.5. The molecule has 1 aromatic carbocycles. The molecule has 0 unspecified atom stereocenters. The molecule has 3 heteroatoms. The van der Waals surface area contributed by atoms with E-state index in [1.807, 2.05) is 12.1 Å². The zero-order chi connectivity index (χ0) is 13.9. The van der Waals surface area contributed by atoms with E-state index >= 15 is 0 Å². The lowest BCUT2D eigenvalue weighted by Gasteiger charge is -2.26. The van der Waals surface area contributed by atoms with E-state index in [-0.39, 0.29) is 5.78 Å². The number of hydrogen-bond acceptors (Lipinski definition) is 2. The summed E-state index contributed by atoms with van der Waals surface area (Å²) in [6.07, 6.45) is 3.61. The largest absolute Gasteiger partial charge is 0.295 e. The van der Waals surface area contributed by atoms with Gasteiger partial charge in [0.1, 0.15) is 0 Å². The van der Waals surface area contributed by atoms with Gasteiger partial charge in [0.15, 0.2) is 5.78 Å². The molecule has 1 aromatic rings. The standard InChI is InChI=1S/C16H22ClNO/c1-3-16(4-2)8-9-18(12-16)11-15(19)13-6-5-7-14(17)10-13/h5-7,10H,3-4,8-9,11-12H2,1-2H3. The van der Waals surface area contributed by atoms with E-state index in [1.165, 1.54) is 19.3 Å². The van der Waals surface area contributed by atoms with Crippen molar-refractivity contribution in [3.05, 3.63) is 34.9 Å². The van der Waals surface area contributed by atoms with Crippen molar-refractivity contribution in [3.8, 4) is 0 Å². The van der Waals surface area contributed by atoms with Crippen molar-refractivity contribution >= 4 is 17.4 Å². The van der Waals surface area contributed by atoms with Crippen LogP contribution < -0.4 is 0 Å². The van der Waals surface area contributed by atoms with Gasteiger partial charge in [-0.2, -0.15) is 0 Å². The Labute approximate surface area is 120 Å². The average Bonchev–Trinajstić information content (AvgIpc) is 2.83. The second kappa shape index (κ2) is 6.06. The number of ketones is 1. The summed E-state index contributed by atoms with van der Waals surface area (Å²) in [6.45, 7) is 7.11. The van der Waals surface area contributed by atoms with Crippen LogP contribution in [0.15, 0.2) is 24.3 Å². The fourth-order valence-electron chi connectivity index (χ4n) is 2.95. The predicted molar refractivity (Wildman–Crippen MR) is 79.9 cm³/mol. The predicted octanol–water partition coefficient (Wildman–Crippen LogP) is 4.03. The summed E-state index contributed by atoms with van der Waals surface area (Å²) < 4.78 is 0. The van der Waals surface area contributed by atoms with Crippen LogP contribution in [0, 0.1) is 5.41 Å². The van der Waals surface area contributed by atoms with E-state index in [0.717, 1.165) is 18.7 Å². The van der Waals surface area contributed by atoms with Crippen molar-refractivity contribution in [2.75, 3.05) is 19.6 Å². The van der Waals surface area contributed by atoms with Crippen molar-refractivity contribution in [3.63, 3.8) is 0 Å². The van der Waals surface area contributed by atoms with Crippen molar-refractivity contribution < 1.29 is 4.79 Å². The molecule has 2 rings (SSSR count). The third-order valence-corrected chi connectivity index (χ3v) is 4.77. The summed E-state index contributed by atoms with van der Waals surface area (Å²) in [6, 6.07) is 7.24. The lowest BCUT2D eigenvalue weighted by atomic mass is 9.82. The van der Waals surface area contributed by atoms with Gasteiger partial charge < -0.3 is 0 Å². The molecule has 0 saturated carbocycles. The molecule has 0 atom stereocenters. The molecule has 1 aliphatic rings. The quantitative estimate of drug-likeness (QED) is 0.759. The molecule has 1 saturated heterocycles. The maximum Gasteiger partial charge on any atom is 0.176 e. The molecule has 1 fully saturated rings. The third-order valence-electron chi connectivity index (χ3n) is 4.53. The lowest BCUT2D eigenvalue weighted by Crippen LogP contribution is -2.30. The lowest BCUT2D eigenvalue weighted by molar-refractivity contribution is 0.0936. The highest BCUT2D eigenvalue weighted by Crippen LogP contribution is 2.36. The molecule has 104 valence electrons. The number of likely N-dealkylation sites (tertiary alicyclic amines) is 1. The van der Waals surface area contributed by atoms with E-state index in [0.29, 0.717) is 17.0 Å². The Kier molecular flexibility index (Phi) is 4.64. The smallest absolute Gasteiger partial charge is 0.176 e. The normalized spacial score (nSPS) is 18.7. The monoisotopic (exact) mass is 279 g/mol. The van der Waals surface area contributed by atoms with Gasteiger partial charge in [-0.1, -0.05) is 37.6 Å². The van der Waals surface area contributed by atoms with E-state index in [2.05, 4.69) is 18.7 Å². The Balaban J connectivity index is 1.98. The van der Waals surface area contributed by atoms with Crippen LogP contribution in [-0.4, -0.2) is 30.3 Å². The van der Waals surface area contributed by atoms with Crippen LogP contribution in [0.2, 0.25) is 5.02 Å². The minimum atomic E-state index is 0.172. The van der Waals surface area contributed by atoms with Crippen molar-refractivity contribution in [2.24, 2.45) is 5.41 Å². The first-order valence-electron chi connectivity index (χ1n) is 7.10. The average molecular weight is 280 g/mol. The summed E-state index contributed by atoms with van der Waals surface area (Å²) in [5.41, 5.74) is 1.15. The fourth-order valence-corrected chi connectivity index (χ4v) is 3.14. The Morgan fingerprint density at radius 2 is 2.11 bits per heavy atom. The van der Waals surface area contributed by atoms with Gasteiger partial charge in [0.2, 0.25) is 0 Å². The van der Waals surface area contributed by atoms with Crippen LogP contribution in [0.1, 0.15) is 43.5 Å². The molecule has 19 heavy (non-hydrogen) atoms. The molecular formula is C16H22ClNO. The van der Waals surface area contributed by atoms with Crippen molar-refractivity contribution in [2.45, 2.75) is 33.1 Å². The molecule has 1 heterocycles. The minimum Gasteiger partial charge on any atom is -0.295 e. The Hall–Kier alpha value is -0.860. The van der Waals surface area contributed by atoms with Gasteiger partial charge in [0.05, 0.1) is 6.54 Å². The maximum atomic E-state index is 12.2. The number of hydrogen-bond donors (Lipinski definition) is 0. The molecular weight excluding hydrogens is 258 g/mol. The summed E-state index contributed by atoms with van der Waals surface area (Å²) in [5, 5.41) is 0.628. The van der Waals surface area contributed by atoms with E-state index in [1.54, 1.807) is 12.1 Å². The zero-order valence-electron chi connectivity index (χ0n) is 11.8. The van der Waals surface area contributed by atoms with Crippen LogP contribution in [0.4, 0.5) is 0 Å². The Morgan fingerprint density at radius 1 is 1.37 bits per heavy atom. The molecule has 0 N–H and O–H groups in total. The van der Waals surface area contributed by atoms with Crippen LogP contribution in [-0.2, 0) is 0 Å². The molecule has 2 nitrogen and oxygen atoms in total. The van der Waals surface area contributed by atoms with E-state index in [9.17, 15) is 4.79 Å². The highest BCUT2D eigenvalue weighted by Gasteiger charge is 2.35. The minimum absolute atomic E-state index is 0.172. The van der Waals surface area contributed by atoms with Crippen LogP contribution >= 0.6 is 11.6 Å². The maximum absolute atomic E-state index is 12.2. The molecule has 0 aliphatic carbocycles. The second-order valence-corrected chi connectivity index (χ2v) is 6.04. The van der Waals surface area contributed by atoms with Gasteiger partial charge in [-0.15, -0.1) is 0 Å². The van der Waals surface area contributed by atoms with Gasteiger partial charge >= 0.3 is 0 Å². The van der Waals surface area contributed by atoms with Crippen molar-refractivity contribution in [1.82, 2.24) is 4.90 Å². The number of halogens is 1. The van der Waals surface area contributed by atoms with Crippen LogP contribution in [0.25, 0.3) is 0 Å². The first kappa shape index (κ1) is 14.5. The second-order valence-electron chi connectivity index (χ2n) is 5.60. The van der Waals surface area contributed by atoms with Gasteiger partial charge in [0, 0.05) is 17.1 Å². The summed E-state index contributed by atoms with van der Waals surface area (Å²) >= 11 is 5.93. The molecule has 1 aliphatic heterocycles.